The van der Waals surface area contributed by atoms with E-state index in [0.29, 0.717) is 6.42 Å². The highest BCUT2D eigenvalue weighted by atomic mass is 19.1. The Labute approximate surface area is 121 Å². The first kappa shape index (κ1) is 14.0. The highest BCUT2D eigenvalue weighted by Crippen LogP contribution is 2.43. The standard InChI is InChI=1S/C15H16FNO4/c16-9-3-1-8(2-4-9)7-17-14(18)12-10-5-6-11(21-10)13(12)15(19)20/h1-4,10-13H,5-7H2,(H,17,18)(H,19,20)/t10-,11+,12+,13-/m1/s1. The van der Waals surface area contributed by atoms with E-state index in [1.165, 1.54) is 12.1 Å². The third-order valence-electron chi connectivity index (χ3n) is 4.24. The zero-order valence-electron chi connectivity index (χ0n) is 11.3. The van der Waals surface area contributed by atoms with Crippen LogP contribution >= 0.6 is 0 Å². The molecule has 4 atom stereocenters. The first-order valence-corrected chi connectivity index (χ1v) is 6.96. The molecule has 2 N–H and O–H groups in total. The molecule has 1 aromatic rings. The largest absolute Gasteiger partial charge is 0.481 e. The van der Waals surface area contributed by atoms with E-state index in [2.05, 4.69) is 5.32 Å². The number of hydrogen-bond acceptors (Lipinski definition) is 3. The fourth-order valence-electron chi connectivity index (χ4n) is 3.23. The highest BCUT2D eigenvalue weighted by molar-refractivity contribution is 5.86. The Morgan fingerprint density at radius 2 is 1.81 bits per heavy atom. The molecule has 1 aromatic carbocycles. The number of aliphatic carboxylic acids is 1. The van der Waals surface area contributed by atoms with Crippen molar-refractivity contribution in [2.45, 2.75) is 31.6 Å². The van der Waals surface area contributed by atoms with Gasteiger partial charge in [-0.2, -0.15) is 0 Å². The van der Waals surface area contributed by atoms with E-state index >= 15 is 0 Å². The van der Waals surface area contributed by atoms with Crippen molar-refractivity contribution in [1.82, 2.24) is 5.32 Å². The maximum atomic E-state index is 12.8. The van der Waals surface area contributed by atoms with Gasteiger partial charge in [0.1, 0.15) is 5.82 Å². The first-order valence-electron chi connectivity index (χ1n) is 6.96. The van der Waals surface area contributed by atoms with Crippen LogP contribution in [0.4, 0.5) is 4.39 Å². The average molecular weight is 293 g/mol. The van der Waals surface area contributed by atoms with E-state index in [1.54, 1.807) is 12.1 Å². The van der Waals surface area contributed by atoms with Gasteiger partial charge < -0.3 is 15.2 Å². The Balaban J connectivity index is 1.64. The Kier molecular flexibility index (Phi) is 3.63. The summed E-state index contributed by atoms with van der Waals surface area (Å²) in [6.45, 7) is 0.249. The molecule has 1 amide bonds. The second kappa shape index (κ2) is 5.44. The number of halogens is 1. The van der Waals surface area contributed by atoms with Gasteiger partial charge in [-0.15, -0.1) is 0 Å². The molecule has 0 radical (unpaired) electrons. The predicted octanol–water partition coefficient (Wildman–Crippen LogP) is 1.32. The Bertz CT molecular complexity index is 559. The van der Waals surface area contributed by atoms with Crippen LogP contribution in [0.3, 0.4) is 0 Å². The van der Waals surface area contributed by atoms with Crippen molar-refractivity contribution >= 4 is 11.9 Å². The van der Waals surface area contributed by atoms with Gasteiger partial charge >= 0.3 is 5.97 Å². The molecule has 2 saturated heterocycles. The van der Waals surface area contributed by atoms with Crippen LogP contribution in [0, 0.1) is 17.7 Å². The molecule has 2 aliphatic rings. The Hall–Kier alpha value is -1.95. The van der Waals surface area contributed by atoms with Crippen LogP contribution in [-0.4, -0.2) is 29.2 Å². The number of fused-ring (bicyclic) bond motifs is 2. The minimum absolute atomic E-state index is 0.249. The van der Waals surface area contributed by atoms with Gasteiger partial charge in [-0.25, -0.2) is 4.39 Å². The van der Waals surface area contributed by atoms with Crippen molar-refractivity contribution in [3.05, 3.63) is 35.6 Å². The number of amides is 1. The molecule has 2 bridgehead atoms. The normalized spacial score (nSPS) is 30.3. The van der Waals surface area contributed by atoms with Gasteiger partial charge in [0.2, 0.25) is 5.91 Å². The van der Waals surface area contributed by atoms with Gasteiger partial charge in [0.25, 0.3) is 0 Å². The van der Waals surface area contributed by atoms with E-state index in [0.717, 1.165) is 12.0 Å². The monoisotopic (exact) mass is 293 g/mol. The quantitative estimate of drug-likeness (QED) is 0.878. The fourth-order valence-corrected chi connectivity index (χ4v) is 3.23. The molecule has 112 valence electrons. The summed E-state index contributed by atoms with van der Waals surface area (Å²) in [6, 6.07) is 5.81. The molecule has 2 heterocycles. The van der Waals surface area contributed by atoms with Crippen LogP contribution in [0.2, 0.25) is 0 Å². The summed E-state index contributed by atoms with van der Waals surface area (Å²) in [5.41, 5.74) is 0.765. The van der Waals surface area contributed by atoms with Crippen molar-refractivity contribution in [3.8, 4) is 0 Å². The van der Waals surface area contributed by atoms with Crippen molar-refractivity contribution in [3.63, 3.8) is 0 Å². The number of ether oxygens (including phenoxy) is 1. The van der Waals surface area contributed by atoms with Gasteiger partial charge in [0.15, 0.2) is 0 Å². The molecule has 3 rings (SSSR count). The maximum absolute atomic E-state index is 12.8. The molecule has 0 aromatic heterocycles. The lowest BCUT2D eigenvalue weighted by Gasteiger charge is -2.23. The van der Waals surface area contributed by atoms with Gasteiger partial charge in [-0.05, 0) is 30.5 Å². The molecule has 21 heavy (non-hydrogen) atoms. The number of carbonyl (C=O) groups excluding carboxylic acids is 1. The highest BCUT2D eigenvalue weighted by Gasteiger charge is 2.55. The molecule has 0 aliphatic carbocycles. The van der Waals surface area contributed by atoms with Crippen LogP contribution in [0.25, 0.3) is 0 Å². The summed E-state index contributed by atoms with van der Waals surface area (Å²) in [4.78, 5) is 23.6. The van der Waals surface area contributed by atoms with Gasteiger partial charge in [0.05, 0.1) is 24.0 Å². The topological polar surface area (TPSA) is 75.6 Å². The zero-order chi connectivity index (χ0) is 15.0. The van der Waals surface area contributed by atoms with Crippen LogP contribution in [0.1, 0.15) is 18.4 Å². The number of carboxylic acids is 1. The third-order valence-corrected chi connectivity index (χ3v) is 4.24. The molecular weight excluding hydrogens is 277 g/mol. The van der Waals surface area contributed by atoms with E-state index in [-0.39, 0.29) is 30.5 Å². The lowest BCUT2D eigenvalue weighted by Crippen LogP contribution is -2.43. The van der Waals surface area contributed by atoms with Crippen molar-refractivity contribution < 1.29 is 23.8 Å². The van der Waals surface area contributed by atoms with Crippen LogP contribution in [-0.2, 0) is 20.9 Å². The smallest absolute Gasteiger partial charge is 0.310 e. The molecule has 2 aliphatic heterocycles. The maximum Gasteiger partial charge on any atom is 0.310 e. The van der Waals surface area contributed by atoms with E-state index in [4.69, 9.17) is 4.74 Å². The molecule has 0 unspecified atom stereocenters. The summed E-state index contributed by atoms with van der Waals surface area (Å²) < 4.78 is 18.4. The molecule has 0 spiro atoms. The van der Waals surface area contributed by atoms with Gasteiger partial charge in [-0.1, -0.05) is 12.1 Å². The van der Waals surface area contributed by atoms with Gasteiger partial charge in [-0.3, -0.25) is 9.59 Å². The van der Waals surface area contributed by atoms with Crippen molar-refractivity contribution in [2.24, 2.45) is 11.8 Å². The zero-order valence-corrected chi connectivity index (χ0v) is 11.3. The number of nitrogens with one attached hydrogen (secondary N) is 1. The summed E-state index contributed by atoms with van der Waals surface area (Å²) >= 11 is 0. The molecule has 6 heteroatoms. The minimum atomic E-state index is -0.982. The summed E-state index contributed by atoms with van der Waals surface area (Å²) in [5, 5.41) is 12.0. The number of carboxylic acid groups (broad SMARTS) is 1. The van der Waals surface area contributed by atoms with Crippen molar-refractivity contribution in [2.75, 3.05) is 0 Å². The fraction of sp³-hybridized carbons (Fsp3) is 0.467. The van der Waals surface area contributed by atoms with E-state index in [1.807, 2.05) is 0 Å². The molecule has 5 nitrogen and oxygen atoms in total. The van der Waals surface area contributed by atoms with Crippen molar-refractivity contribution in [1.29, 1.82) is 0 Å². The third kappa shape index (κ3) is 2.63. The molecular formula is C15H16FNO4. The lowest BCUT2D eigenvalue weighted by molar-refractivity contribution is -0.147. The van der Waals surface area contributed by atoms with Crippen LogP contribution in [0.5, 0.6) is 0 Å². The predicted molar refractivity (Wildman–Crippen MR) is 70.8 cm³/mol. The number of benzene rings is 1. The number of hydrogen-bond donors (Lipinski definition) is 2. The SMILES string of the molecule is O=C(NCc1ccc(F)cc1)[C@@H]1[C@H](C(=O)O)[C@@H]2CC[C@H]1O2. The first-order chi connectivity index (χ1) is 10.1. The van der Waals surface area contributed by atoms with Crippen LogP contribution < -0.4 is 5.32 Å². The lowest BCUT2D eigenvalue weighted by atomic mass is 9.78. The Morgan fingerprint density at radius 3 is 2.43 bits per heavy atom. The summed E-state index contributed by atoms with van der Waals surface area (Å²) in [7, 11) is 0. The van der Waals surface area contributed by atoms with Crippen LogP contribution in [0.15, 0.2) is 24.3 Å². The minimum Gasteiger partial charge on any atom is -0.481 e. The second-order valence-corrected chi connectivity index (χ2v) is 5.52. The summed E-state index contributed by atoms with van der Waals surface area (Å²) in [5.74, 6) is -3.03. The van der Waals surface area contributed by atoms with Gasteiger partial charge in [0, 0.05) is 6.54 Å². The summed E-state index contributed by atoms with van der Waals surface area (Å²) in [6.07, 6.45) is 0.769. The average Bonchev–Trinajstić information content (AvgIpc) is 3.06. The number of rotatable bonds is 4. The second-order valence-electron chi connectivity index (χ2n) is 5.52. The number of carbonyl (C=O) groups is 2. The Morgan fingerprint density at radius 1 is 1.19 bits per heavy atom. The molecule has 0 saturated carbocycles. The van der Waals surface area contributed by atoms with E-state index in [9.17, 15) is 19.1 Å². The molecule has 2 fully saturated rings. The van der Waals surface area contributed by atoms with E-state index < -0.39 is 17.8 Å².